The van der Waals surface area contributed by atoms with E-state index in [0.29, 0.717) is 41.0 Å². The zero-order valence-electron chi connectivity index (χ0n) is 15.6. The van der Waals surface area contributed by atoms with Crippen molar-refractivity contribution in [3.8, 4) is 22.9 Å². The van der Waals surface area contributed by atoms with Gasteiger partial charge >= 0.3 is 0 Å². The third-order valence-corrected chi connectivity index (χ3v) is 4.29. The number of carbonyl (C=O) groups is 1. The second kappa shape index (κ2) is 9.18. The molecule has 9 heteroatoms. The fourth-order valence-electron chi connectivity index (χ4n) is 2.59. The smallest absolute Gasteiger partial charge is 0.224 e. The van der Waals surface area contributed by atoms with E-state index in [1.165, 1.54) is 19.0 Å². The highest BCUT2D eigenvalue weighted by Crippen LogP contribution is 2.35. The van der Waals surface area contributed by atoms with Crippen LogP contribution in [0.25, 0.3) is 11.4 Å². The van der Waals surface area contributed by atoms with Gasteiger partial charge in [-0.2, -0.15) is 4.80 Å². The molecule has 0 aliphatic rings. The van der Waals surface area contributed by atoms with Crippen LogP contribution in [0.3, 0.4) is 0 Å². The molecular weight excluding hydrogens is 382 g/mol. The fourth-order valence-corrected chi connectivity index (χ4v) is 2.82. The van der Waals surface area contributed by atoms with Crippen LogP contribution < -0.4 is 14.8 Å². The van der Waals surface area contributed by atoms with E-state index in [1.807, 2.05) is 30.3 Å². The van der Waals surface area contributed by atoms with E-state index < -0.39 is 0 Å². The van der Waals surface area contributed by atoms with Gasteiger partial charge in [-0.15, -0.1) is 10.2 Å². The van der Waals surface area contributed by atoms with Gasteiger partial charge in [-0.3, -0.25) is 4.79 Å². The standard InChI is InChI=1S/C19H20ClN5O3/c1-27-16-12-15(17(28-2)11-14(16)20)21-18(26)9-6-10-25-23-19(22-24-25)13-7-4-3-5-8-13/h3-5,7-8,11-12H,6,9-10H2,1-2H3,(H,21,26). The molecule has 3 aromatic rings. The monoisotopic (exact) mass is 401 g/mol. The maximum Gasteiger partial charge on any atom is 0.224 e. The maximum absolute atomic E-state index is 12.3. The van der Waals surface area contributed by atoms with Gasteiger partial charge < -0.3 is 14.8 Å². The number of carbonyl (C=O) groups excluding carboxylic acids is 1. The van der Waals surface area contributed by atoms with Crippen LogP contribution in [0.1, 0.15) is 12.8 Å². The van der Waals surface area contributed by atoms with E-state index in [1.54, 1.807) is 12.1 Å². The Morgan fingerprint density at radius 1 is 1.14 bits per heavy atom. The first-order valence-electron chi connectivity index (χ1n) is 8.65. The number of hydrogen-bond acceptors (Lipinski definition) is 6. The molecule has 2 aromatic carbocycles. The van der Waals surface area contributed by atoms with E-state index in [2.05, 4.69) is 20.7 Å². The Kier molecular flexibility index (Phi) is 6.44. The number of tetrazole rings is 1. The summed E-state index contributed by atoms with van der Waals surface area (Å²) < 4.78 is 10.4. The molecule has 0 radical (unpaired) electrons. The lowest BCUT2D eigenvalue weighted by Gasteiger charge is -2.13. The van der Waals surface area contributed by atoms with Gasteiger partial charge in [-0.05, 0) is 11.6 Å². The molecule has 1 N–H and O–H groups in total. The van der Waals surface area contributed by atoms with E-state index >= 15 is 0 Å². The average Bonchev–Trinajstić information content (AvgIpc) is 3.18. The maximum atomic E-state index is 12.3. The third-order valence-electron chi connectivity index (χ3n) is 3.99. The normalized spacial score (nSPS) is 10.5. The summed E-state index contributed by atoms with van der Waals surface area (Å²) in [4.78, 5) is 13.8. The molecule has 0 aliphatic heterocycles. The molecule has 0 spiro atoms. The van der Waals surface area contributed by atoms with Crippen molar-refractivity contribution in [2.75, 3.05) is 19.5 Å². The van der Waals surface area contributed by atoms with Crippen LogP contribution in [0.15, 0.2) is 42.5 Å². The number of ether oxygens (including phenoxy) is 2. The number of methoxy groups -OCH3 is 2. The number of nitrogens with one attached hydrogen (secondary N) is 1. The predicted octanol–water partition coefficient (Wildman–Crippen LogP) is 3.43. The van der Waals surface area contributed by atoms with Crippen LogP contribution in [0.2, 0.25) is 5.02 Å². The van der Waals surface area contributed by atoms with Crippen molar-refractivity contribution in [3.63, 3.8) is 0 Å². The summed E-state index contributed by atoms with van der Waals surface area (Å²) in [5, 5.41) is 15.6. The highest BCUT2D eigenvalue weighted by Gasteiger charge is 2.13. The van der Waals surface area contributed by atoms with Gasteiger partial charge in [-0.25, -0.2) is 0 Å². The molecule has 1 aromatic heterocycles. The van der Waals surface area contributed by atoms with Gasteiger partial charge in [-0.1, -0.05) is 41.9 Å². The number of aryl methyl sites for hydroxylation is 1. The molecule has 0 saturated carbocycles. The molecule has 0 fully saturated rings. The second-order valence-corrected chi connectivity index (χ2v) is 6.32. The van der Waals surface area contributed by atoms with Crippen LogP contribution in [0.4, 0.5) is 5.69 Å². The minimum atomic E-state index is -0.161. The Labute approximate surface area is 167 Å². The minimum Gasteiger partial charge on any atom is -0.495 e. The first-order chi connectivity index (χ1) is 13.6. The summed E-state index contributed by atoms with van der Waals surface area (Å²) in [6.45, 7) is 0.480. The number of amides is 1. The molecule has 1 amide bonds. The lowest BCUT2D eigenvalue weighted by molar-refractivity contribution is -0.116. The first kappa shape index (κ1) is 19.6. The topological polar surface area (TPSA) is 91.2 Å². The second-order valence-electron chi connectivity index (χ2n) is 5.91. The van der Waals surface area contributed by atoms with E-state index in [9.17, 15) is 4.79 Å². The van der Waals surface area contributed by atoms with Gasteiger partial charge in [0.1, 0.15) is 11.5 Å². The van der Waals surface area contributed by atoms with Crippen molar-refractivity contribution in [2.24, 2.45) is 0 Å². The van der Waals surface area contributed by atoms with Gasteiger partial charge in [0.2, 0.25) is 11.7 Å². The highest BCUT2D eigenvalue weighted by molar-refractivity contribution is 6.32. The lowest BCUT2D eigenvalue weighted by Crippen LogP contribution is -2.14. The summed E-state index contributed by atoms with van der Waals surface area (Å²) in [5.74, 6) is 1.32. The summed E-state index contributed by atoms with van der Waals surface area (Å²) in [7, 11) is 3.02. The lowest BCUT2D eigenvalue weighted by atomic mass is 10.2. The molecule has 1 heterocycles. The third kappa shape index (κ3) is 4.77. The summed E-state index contributed by atoms with van der Waals surface area (Å²) in [5.41, 5.74) is 1.40. The largest absolute Gasteiger partial charge is 0.495 e. The predicted molar refractivity (Wildman–Crippen MR) is 106 cm³/mol. The summed E-state index contributed by atoms with van der Waals surface area (Å²) in [6.07, 6.45) is 0.847. The van der Waals surface area contributed by atoms with Crippen molar-refractivity contribution in [1.29, 1.82) is 0 Å². The van der Waals surface area contributed by atoms with Crippen LogP contribution >= 0.6 is 11.6 Å². The van der Waals surface area contributed by atoms with Crippen molar-refractivity contribution >= 4 is 23.2 Å². The minimum absolute atomic E-state index is 0.161. The molecule has 28 heavy (non-hydrogen) atoms. The van der Waals surface area contributed by atoms with Gasteiger partial charge in [0.25, 0.3) is 0 Å². The molecule has 0 unspecified atom stereocenters. The molecule has 8 nitrogen and oxygen atoms in total. The van der Waals surface area contributed by atoms with Crippen LogP contribution in [-0.2, 0) is 11.3 Å². The van der Waals surface area contributed by atoms with Crippen LogP contribution in [-0.4, -0.2) is 40.3 Å². The molecule has 0 saturated heterocycles. The number of rotatable bonds is 8. The highest BCUT2D eigenvalue weighted by atomic mass is 35.5. The average molecular weight is 402 g/mol. The Morgan fingerprint density at radius 3 is 2.61 bits per heavy atom. The van der Waals surface area contributed by atoms with E-state index in [0.717, 1.165) is 5.56 Å². The Hall–Kier alpha value is -3.13. The first-order valence-corrected chi connectivity index (χ1v) is 9.03. The number of hydrogen-bond donors (Lipinski definition) is 1. The van der Waals surface area contributed by atoms with Gasteiger partial charge in [0, 0.05) is 24.1 Å². The summed E-state index contributed by atoms with van der Waals surface area (Å²) in [6, 6.07) is 12.8. The Balaban J connectivity index is 1.55. The molecular formula is C19H20ClN5O3. The number of halogens is 1. The Bertz CT molecular complexity index is 946. The van der Waals surface area contributed by atoms with Gasteiger partial charge in [0.15, 0.2) is 0 Å². The molecule has 0 bridgehead atoms. The zero-order valence-corrected chi connectivity index (χ0v) is 16.3. The number of nitrogens with zero attached hydrogens (tertiary/aromatic N) is 4. The number of aromatic nitrogens is 4. The quantitative estimate of drug-likeness (QED) is 0.621. The molecule has 3 rings (SSSR count). The van der Waals surface area contributed by atoms with E-state index in [4.69, 9.17) is 21.1 Å². The molecule has 146 valence electrons. The number of benzene rings is 2. The van der Waals surface area contributed by atoms with Crippen molar-refractivity contribution in [3.05, 3.63) is 47.5 Å². The molecule has 0 atom stereocenters. The van der Waals surface area contributed by atoms with Crippen molar-refractivity contribution in [1.82, 2.24) is 20.2 Å². The SMILES string of the molecule is COc1cc(NC(=O)CCCn2nnc(-c3ccccc3)n2)c(OC)cc1Cl. The van der Waals surface area contributed by atoms with Crippen molar-refractivity contribution < 1.29 is 14.3 Å². The Morgan fingerprint density at radius 2 is 1.89 bits per heavy atom. The fraction of sp³-hybridized carbons (Fsp3) is 0.263. The van der Waals surface area contributed by atoms with E-state index in [-0.39, 0.29) is 12.3 Å². The van der Waals surface area contributed by atoms with Crippen molar-refractivity contribution in [2.45, 2.75) is 19.4 Å². The number of anilines is 1. The molecule has 0 aliphatic carbocycles. The zero-order chi connectivity index (χ0) is 19.9. The van der Waals surface area contributed by atoms with Crippen LogP contribution in [0.5, 0.6) is 11.5 Å². The van der Waals surface area contributed by atoms with Crippen LogP contribution in [0, 0.1) is 0 Å². The van der Waals surface area contributed by atoms with Gasteiger partial charge in [0.05, 0.1) is 31.5 Å². The summed E-state index contributed by atoms with van der Waals surface area (Å²) >= 11 is 6.07.